The molecule has 0 amide bonds. The van der Waals surface area contributed by atoms with Crippen molar-refractivity contribution in [2.45, 2.75) is 19.8 Å². The van der Waals surface area contributed by atoms with Gasteiger partial charge in [-0.05, 0) is 18.6 Å². The summed E-state index contributed by atoms with van der Waals surface area (Å²) in [6.45, 7) is 3.31. The van der Waals surface area contributed by atoms with Crippen LogP contribution in [0, 0.1) is 5.41 Å². The van der Waals surface area contributed by atoms with Crippen LogP contribution in [0.2, 0.25) is 0 Å². The Morgan fingerprint density at radius 2 is 2.25 bits per heavy atom. The Morgan fingerprint density at radius 1 is 1.42 bits per heavy atom. The van der Waals surface area contributed by atoms with Crippen LogP contribution in [0.5, 0.6) is 5.75 Å². The zero-order valence-corrected chi connectivity index (χ0v) is 14.7. The molecule has 0 saturated heterocycles. The van der Waals surface area contributed by atoms with Gasteiger partial charge in [0.15, 0.2) is 0 Å². The summed E-state index contributed by atoms with van der Waals surface area (Å²) >= 11 is 1.45. The van der Waals surface area contributed by atoms with Gasteiger partial charge in [-0.1, -0.05) is 25.5 Å². The summed E-state index contributed by atoms with van der Waals surface area (Å²) in [7, 11) is 1.64. The lowest BCUT2D eigenvalue weighted by atomic mass is 10.1. The van der Waals surface area contributed by atoms with Crippen molar-refractivity contribution < 1.29 is 9.84 Å². The maximum Gasteiger partial charge on any atom is 0.135 e. The molecule has 0 aliphatic carbocycles. The monoisotopic (exact) mass is 343 g/mol. The second-order valence-corrected chi connectivity index (χ2v) is 6.57. The van der Waals surface area contributed by atoms with Crippen LogP contribution in [0.1, 0.15) is 24.8 Å². The molecule has 0 spiro atoms. The Kier molecular flexibility index (Phi) is 4.85. The summed E-state index contributed by atoms with van der Waals surface area (Å²) in [5.41, 5.74) is 2.35. The number of nitrogens with zero attached hydrogens (tertiary/aromatic N) is 2. The van der Waals surface area contributed by atoms with Crippen molar-refractivity contribution in [1.29, 1.82) is 5.41 Å². The van der Waals surface area contributed by atoms with Crippen molar-refractivity contribution in [3.8, 4) is 17.0 Å². The molecule has 0 unspecified atom stereocenters. The predicted molar refractivity (Wildman–Crippen MR) is 97.9 cm³/mol. The Bertz CT molecular complexity index is 782. The van der Waals surface area contributed by atoms with Crippen LogP contribution in [-0.4, -0.2) is 41.0 Å². The second kappa shape index (κ2) is 7.05. The number of ether oxygens (including phenoxy) is 1. The van der Waals surface area contributed by atoms with Gasteiger partial charge in [-0.2, -0.15) is 0 Å². The SMILES string of the molecule is CCCCN1CC(O)=C(c2nc(-c3cccc(OC)c3)cs2)C1=N. The van der Waals surface area contributed by atoms with Crippen molar-refractivity contribution in [1.82, 2.24) is 9.88 Å². The molecule has 3 rings (SSSR count). The molecule has 2 heterocycles. The molecule has 6 heteroatoms. The molecule has 24 heavy (non-hydrogen) atoms. The minimum Gasteiger partial charge on any atom is -0.510 e. The standard InChI is InChI=1S/C18H21N3O2S/c1-3-4-8-21-10-15(22)16(17(21)19)18-20-14(11-24-18)12-6-5-7-13(9-12)23-2/h5-7,9,11,19,22H,3-4,8,10H2,1-2H3. The topological polar surface area (TPSA) is 69.4 Å². The quantitative estimate of drug-likeness (QED) is 0.825. The largest absolute Gasteiger partial charge is 0.510 e. The molecule has 0 bridgehead atoms. The van der Waals surface area contributed by atoms with Crippen LogP contribution in [0.4, 0.5) is 0 Å². The highest BCUT2D eigenvalue weighted by Crippen LogP contribution is 2.33. The van der Waals surface area contributed by atoms with Crippen LogP contribution < -0.4 is 4.74 Å². The third kappa shape index (κ3) is 3.14. The van der Waals surface area contributed by atoms with E-state index in [1.807, 2.05) is 34.5 Å². The molecule has 1 aromatic carbocycles. The average Bonchev–Trinajstić information content (AvgIpc) is 3.17. The number of aliphatic hydroxyl groups excluding tert-OH is 1. The van der Waals surface area contributed by atoms with Gasteiger partial charge in [0.05, 0.1) is 24.9 Å². The van der Waals surface area contributed by atoms with E-state index >= 15 is 0 Å². The molecule has 5 nitrogen and oxygen atoms in total. The summed E-state index contributed by atoms with van der Waals surface area (Å²) in [5, 5.41) is 21.3. The molecule has 126 valence electrons. The first-order valence-electron chi connectivity index (χ1n) is 8.00. The van der Waals surface area contributed by atoms with Crippen LogP contribution in [-0.2, 0) is 0 Å². The number of benzene rings is 1. The number of methoxy groups -OCH3 is 1. The van der Waals surface area contributed by atoms with Gasteiger partial charge in [-0.3, -0.25) is 5.41 Å². The van der Waals surface area contributed by atoms with E-state index in [9.17, 15) is 5.11 Å². The number of thiazole rings is 1. The Balaban J connectivity index is 1.85. The average molecular weight is 343 g/mol. The van der Waals surface area contributed by atoms with Gasteiger partial charge in [-0.25, -0.2) is 4.98 Å². The normalized spacial score (nSPS) is 14.6. The number of hydrogen-bond donors (Lipinski definition) is 2. The van der Waals surface area contributed by atoms with Crippen molar-refractivity contribution >= 4 is 22.7 Å². The summed E-state index contributed by atoms with van der Waals surface area (Å²) in [6, 6.07) is 7.72. The highest BCUT2D eigenvalue weighted by molar-refractivity contribution is 7.11. The minimum atomic E-state index is 0.239. The maximum atomic E-state index is 10.3. The van der Waals surface area contributed by atoms with Crippen LogP contribution in [0.25, 0.3) is 16.8 Å². The first-order valence-corrected chi connectivity index (χ1v) is 8.88. The van der Waals surface area contributed by atoms with Crippen LogP contribution in [0.15, 0.2) is 35.4 Å². The van der Waals surface area contributed by atoms with Gasteiger partial charge >= 0.3 is 0 Å². The van der Waals surface area contributed by atoms with Gasteiger partial charge in [0.2, 0.25) is 0 Å². The highest BCUT2D eigenvalue weighted by Gasteiger charge is 2.29. The molecule has 0 saturated carbocycles. The molecule has 0 fully saturated rings. The molecule has 2 N–H and O–H groups in total. The van der Waals surface area contributed by atoms with E-state index in [0.29, 0.717) is 23.0 Å². The van der Waals surface area contributed by atoms with Gasteiger partial charge in [0.1, 0.15) is 22.4 Å². The van der Waals surface area contributed by atoms with Crippen LogP contribution in [0.3, 0.4) is 0 Å². The lowest BCUT2D eigenvalue weighted by Gasteiger charge is -2.17. The zero-order chi connectivity index (χ0) is 17.1. The number of hydrogen-bond acceptors (Lipinski definition) is 5. The van der Waals surface area contributed by atoms with E-state index in [2.05, 4.69) is 11.9 Å². The van der Waals surface area contributed by atoms with Gasteiger partial charge in [0, 0.05) is 17.5 Å². The number of aliphatic hydroxyl groups is 1. The third-order valence-electron chi connectivity index (χ3n) is 4.05. The predicted octanol–water partition coefficient (Wildman–Crippen LogP) is 4.18. The first kappa shape index (κ1) is 16.5. The fourth-order valence-corrected chi connectivity index (χ4v) is 3.60. The highest BCUT2D eigenvalue weighted by atomic mass is 32.1. The van der Waals surface area contributed by atoms with E-state index < -0.39 is 0 Å². The molecule has 1 aliphatic heterocycles. The van der Waals surface area contributed by atoms with Crippen molar-refractivity contribution in [2.24, 2.45) is 0 Å². The third-order valence-corrected chi connectivity index (χ3v) is 4.91. The fraction of sp³-hybridized carbons (Fsp3) is 0.333. The second-order valence-electron chi connectivity index (χ2n) is 5.72. The first-order chi connectivity index (χ1) is 11.6. The number of rotatable bonds is 6. The van der Waals surface area contributed by atoms with E-state index in [1.54, 1.807) is 7.11 Å². The van der Waals surface area contributed by atoms with Crippen molar-refractivity contribution in [2.75, 3.05) is 20.2 Å². The van der Waals surface area contributed by atoms with E-state index in [-0.39, 0.29) is 5.76 Å². The summed E-state index contributed by atoms with van der Waals surface area (Å²) < 4.78 is 5.25. The molecular weight excluding hydrogens is 322 g/mol. The minimum absolute atomic E-state index is 0.239. The fourth-order valence-electron chi connectivity index (χ4n) is 2.70. The molecule has 1 aliphatic rings. The molecule has 0 radical (unpaired) electrons. The Hall–Kier alpha value is -2.34. The summed E-state index contributed by atoms with van der Waals surface area (Å²) in [5.74, 6) is 1.39. The van der Waals surface area contributed by atoms with Crippen molar-refractivity contribution in [3.05, 3.63) is 40.4 Å². The molecule has 0 atom stereocenters. The van der Waals surface area contributed by atoms with Crippen LogP contribution >= 0.6 is 11.3 Å². The van der Waals surface area contributed by atoms with E-state index in [4.69, 9.17) is 10.1 Å². The lowest BCUT2D eigenvalue weighted by Crippen LogP contribution is -2.27. The van der Waals surface area contributed by atoms with Crippen molar-refractivity contribution in [3.63, 3.8) is 0 Å². The molecule has 2 aromatic rings. The summed E-state index contributed by atoms with van der Waals surface area (Å²) in [4.78, 5) is 6.53. The number of unbranched alkanes of at least 4 members (excludes halogenated alkanes) is 1. The van der Waals surface area contributed by atoms with Gasteiger partial charge in [0.25, 0.3) is 0 Å². The van der Waals surface area contributed by atoms with Gasteiger partial charge < -0.3 is 14.7 Å². The molecular formula is C18H21N3O2S. The lowest BCUT2D eigenvalue weighted by molar-refractivity contribution is 0.347. The molecule has 1 aromatic heterocycles. The summed E-state index contributed by atoms with van der Waals surface area (Å²) in [6.07, 6.45) is 2.08. The van der Waals surface area contributed by atoms with E-state index in [1.165, 1.54) is 11.3 Å². The number of nitrogens with one attached hydrogen (secondary N) is 1. The number of aromatic nitrogens is 1. The van der Waals surface area contributed by atoms with E-state index in [0.717, 1.165) is 36.4 Å². The zero-order valence-electron chi connectivity index (χ0n) is 13.9. The maximum absolute atomic E-state index is 10.3. The Morgan fingerprint density at radius 3 is 3.00 bits per heavy atom. The van der Waals surface area contributed by atoms with Gasteiger partial charge in [-0.15, -0.1) is 11.3 Å². The number of amidine groups is 1. The smallest absolute Gasteiger partial charge is 0.135 e. The Labute approximate surface area is 145 Å².